The second kappa shape index (κ2) is 5.89. The van der Waals surface area contributed by atoms with Gasteiger partial charge in [-0.2, -0.15) is 13.2 Å². The van der Waals surface area contributed by atoms with Crippen LogP contribution in [0.15, 0.2) is 0 Å². The van der Waals surface area contributed by atoms with Gasteiger partial charge in [-0.1, -0.05) is 0 Å². The van der Waals surface area contributed by atoms with E-state index in [0.717, 1.165) is 4.90 Å². The van der Waals surface area contributed by atoms with Crippen molar-refractivity contribution in [2.75, 3.05) is 26.2 Å². The maximum atomic E-state index is 11.9. The maximum Gasteiger partial charge on any atom is 0.471 e. The number of carbonyl (C=O) groups is 3. The highest BCUT2D eigenvalue weighted by Crippen LogP contribution is 2.16. The molecule has 1 atom stereocenters. The highest BCUT2D eigenvalue weighted by Gasteiger charge is 2.40. The predicted molar refractivity (Wildman–Crippen MR) is 56.2 cm³/mol. The van der Waals surface area contributed by atoms with Crippen LogP contribution >= 0.6 is 0 Å². The van der Waals surface area contributed by atoms with Crippen LogP contribution in [0.25, 0.3) is 0 Å². The Morgan fingerprint density at radius 3 is 2.63 bits per heavy atom. The average molecular weight is 282 g/mol. The highest BCUT2D eigenvalue weighted by molar-refractivity contribution is 5.90. The number of halogens is 3. The Labute approximate surface area is 106 Å². The van der Waals surface area contributed by atoms with E-state index in [1.165, 1.54) is 0 Å². The van der Waals surface area contributed by atoms with Gasteiger partial charge in [0.1, 0.15) is 0 Å². The van der Waals surface area contributed by atoms with Crippen LogP contribution in [0.3, 0.4) is 0 Å². The Hall–Kier alpha value is -1.80. The molecule has 1 aliphatic rings. The van der Waals surface area contributed by atoms with Gasteiger partial charge < -0.3 is 15.0 Å². The van der Waals surface area contributed by atoms with Gasteiger partial charge in [-0.15, -0.1) is 0 Å². The molecule has 1 unspecified atom stereocenters. The second-order valence-electron chi connectivity index (χ2n) is 3.95. The third-order valence-corrected chi connectivity index (χ3v) is 2.54. The van der Waals surface area contributed by atoms with Crippen LogP contribution in [0.1, 0.15) is 6.92 Å². The summed E-state index contributed by atoms with van der Waals surface area (Å²) in [5, 5.41) is 1.62. The molecule has 0 aromatic heterocycles. The average Bonchev–Trinajstić information content (AvgIpc) is 2.67. The number of amides is 2. The number of likely N-dealkylation sites (tertiary alicyclic amines) is 1. The Morgan fingerprint density at radius 1 is 1.47 bits per heavy atom. The summed E-state index contributed by atoms with van der Waals surface area (Å²) in [6, 6.07) is 0. The minimum atomic E-state index is -4.98. The van der Waals surface area contributed by atoms with E-state index in [1.807, 2.05) is 0 Å². The Balaban J connectivity index is 2.47. The van der Waals surface area contributed by atoms with Gasteiger partial charge in [0.05, 0.1) is 19.1 Å². The van der Waals surface area contributed by atoms with Crippen molar-refractivity contribution in [2.45, 2.75) is 13.1 Å². The first kappa shape index (κ1) is 15.3. The summed E-state index contributed by atoms with van der Waals surface area (Å²) in [6.45, 7) is 1.00. The van der Waals surface area contributed by atoms with Gasteiger partial charge >= 0.3 is 18.2 Å². The molecule has 0 aromatic rings. The van der Waals surface area contributed by atoms with Crippen LogP contribution in [0.4, 0.5) is 18.0 Å². The van der Waals surface area contributed by atoms with E-state index < -0.39 is 36.4 Å². The van der Waals surface area contributed by atoms with Crippen LogP contribution in [-0.4, -0.2) is 55.1 Å². The molecule has 0 aromatic carbocycles. The highest BCUT2D eigenvalue weighted by atomic mass is 19.4. The van der Waals surface area contributed by atoms with E-state index in [4.69, 9.17) is 0 Å². The number of carbonyl (C=O) groups excluding carboxylic acids is 3. The maximum absolute atomic E-state index is 11.9. The summed E-state index contributed by atoms with van der Waals surface area (Å²) < 4.78 is 40.5. The number of alkyl halides is 3. The van der Waals surface area contributed by atoms with E-state index in [2.05, 4.69) is 4.74 Å². The first-order valence-corrected chi connectivity index (χ1v) is 5.55. The van der Waals surface area contributed by atoms with Crippen molar-refractivity contribution < 1.29 is 32.3 Å². The number of nitrogens with zero attached hydrogens (tertiary/aromatic N) is 1. The molecule has 1 rings (SSSR count). The number of ether oxygens (including phenoxy) is 1. The van der Waals surface area contributed by atoms with E-state index in [0.29, 0.717) is 0 Å². The molecule has 0 spiro atoms. The molecular formula is C10H13F3N2O4. The van der Waals surface area contributed by atoms with Crippen molar-refractivity contribution in [3.05, 3.63) is 0 Å². The minimum absolute atomic E-state index is 0.0597. The van der Waals surface area contributed by atoms with Gasteiger partial charge in [-0.25, -0.2) is 4.79 Å². The third kappa shape index (κ3) is 4.11. The molecule has 0 saturated carbocycles. The standard InChI is InChI=1S/C10H13F3N2O4/c1-2-19-9(18)15-4-6(7(16)5-15)3-14-8(17)10(11,12)13/h6H,2-5H2,1H3,(H,14,17). The molecule has 2 amide bonds. The van der Waals surface area contributed by atoms with Gasteiger partial charge in [0, 0.05) is 13.1 Å². The van der Waals surface area contributed by atoms with Crippen molar-refractivity contribution in [1.29, 1.82) is 0 Å². The summed E-state index contributed by atoms with van der Waals surface area (Å²) in [6.07, 6.45) is -5.68. The Kier molecular flexibility index (Phi) is 4.73. The lowest BCUT2D eigenvalue weighted by Crippen LogP contribution is -2.41. The van der Waals surface area contributed by atoms with Crippen LogP contribution in [0.5, 0.6) is 0 Å². The van der Waals surface area contributed by atoms with Gasteiger partial charge in [0.25, 0.3) is 0 Å². The summed E-state index contributed by atoms with van der Waals surface area (Å²) in [5.74, 6) is -3.35. The second-order valence-corrected chi connectivity index (χ2v) is 3.95. The zero-order valence-corrected chi connectivity index (χ0v) is 10.1. The van der Waals surface area contributed by atoms with Gasteiger partial charge in [-0.05, 0) is 6.92 Å². The molecule has 19 heavy (non-hydrogen) atoms. The third-order valence-electron chi connectivity index (χ3n) is 2.54. The number of hydrogen-bond acceptors (Lipinski definition) is 4. The number of nitrogens with one attached hydrogen (secondary N) is 1. The molecule has 0 bridgehead atoms. The molecule has 9 heteroatoms. The number of ketones is 1. The number of Topliss-reactive ketones (excluding diaryl/α,β-unsaturated/α-hetero) is 1. The minimum Gasteiger partial charge on any atom is -0.450 e. The molecule has 6 nitrogen and oxygen atoms in total. The molecular weight excluding hydrogens is 269 g/mol. The van der Waals surface area contributed by atoms with Crippen LogP contribution in [0.2, 0.25) is 0 Å². The van der Waals surface area contributed by atoms with Crippen molar-refractivity contribution in [2.24, 2.45) is 5.92 Å². The SMILES string of the molecule is CCOC(=O)N1CC(=O)C(CNC(=O)C(F)(F)F)C1. The fourth-order valence-electron chi connectivity index (χ4n) is 1.60. The largest absolute Gasteiger partial charge is 0.471 e. The Bertz CT molecular complexity index is 383. The van der Waals surface area contributed by atoms with Crippen LogP contribution in [-0.2, 0) is 14.3 Å². The molecule has 0 aliphatic carbocycles. The topological polar surface area (TPSA) is 75.7 Å². The lowest BCUT2D eigenvalue weighted by molar-refractivity contribution is -0.173. The molecule has 1 fully saturated rings. The van der Waals surface area contributed by atoms with E-state index in [1.54, 1.807) is 12.2 Å². The first-order chi connectivity index (χ1) is 8.75. The van der Waals surface area contributed by atoms with Gasteiger partial charge in [-0.3, -0.25) is 9.59 Å². The summed E-state index contributed by atoms with van der Waals surface area (Å²) in [7, 11) is 0. The fourth-order valence-corrected chi connectivity index (χ4v) is 1.60. The van der Waals surface area contributed by atoms with Gasteiger partial charge in [0.15, 0.2) is 5.78 Å². The van der Waals surface area contributed by atoms with Gasteiger partial charge in [0.2, 0.25) is 0 Å². The monoisotopic (exact) mass is 282 g/mol. The molecule has 1 aliphatic heterocycles. The molecule has 0 radical (unpaired) electrons. The van der Waals surface area contributed by atoms with Crippen molar-refractivity contribution >= 4 is 17.8 Å². The molecule has 108 valence electrons. The van der Waals surface area contributed by atoms with E-state index in [-0.39, 0.29) is 19.7 Å². The van der Waals surface area contributed by atoms with Crippen molar-refractivity contribution in [1.82, 2.24) is 10.2 Å². The normalized spacial score (nSPS) is 19.5. The lowest BCUT2D eigenvalue weighted by Gasteiger charge is -2.15. The number of rotatable bonds is 3. The van der Waals surface area contributed by atoms with Crippen molar-refractivity contribution in [3.8, 4) is 0 Å². The number of hydrogen-bond donors (Lipinski definition) is 1. The predicted octanol–water partition coefficient (Wildman–Crippen LogP) is 0.322. The first-order valence-electron chi connectivity index (χ1n) is 5.55. The smallest absolute Gasteiger partial charge is 0.450 e. The summed E-state index contributed by atoms with van der Waals surface area (Å²) in [5.41, 5.74) is 0. The lowest BCUT2D eigenvalue weighted by atomic mass is 10.1. The van der Waals surface area contributed by atoms with Crippen molar-refractivity contribution in [3.63, 3.8) is 0 Å². The quantitative estimate of drug-likeness (QED) is 0.809. The Morgan fingerprint density at radius 2 is 2.11 bits per heavy atom. The summed E-state index contributed by atoms with van der Waals surface area (Å²) >= 11 is 0. The summed E-state index contributed by atoms with van der Waals surface area (Å²) in [4.78, 5) is 34.5. The zero-order valence-electron chi connectivity index (χ0n) is 10.1. The van der Waals surface area contributed by atoms with E-state index in [9.17, 15) is 27.6 Å². The van der Waals surface area contributed by atoms with Crippen LogP contribution in [0, 0.1) is 5.92 Å². The zero-order chi connectivity index (χ0) is 14.6. The van der Waals surface area contributed by atoms with E-state index >= 15 is 0 Å². The fraction of sp³-hybridized carbons (Fsp3) is 0.700. The molecule has 1 N–H and O–H groups in total. The van der Waals surface area contributed by atoms with Crippen LogP contribution < -0.4 is 5.32 Å². The molecule has 1 heterocycles. The molecule has 1 saturated heterocycles.